The summed E-state index contributed by atoms with van der Waals surface area (Å²) in [5, 5.41) is 0. The van der Waals surface area contributed by atoms with Crippen LogP contribution < -0.4 is 5.73 Å². The molecule has 0 unspecified atom stereocenters. The first-order valence-corrected chi connectivity index (χ1v) is 9.24. The fourth-order valence-corrected chi connectivity index (χ4v) is 3.96. The number of halogens is 6. The van der Waals surface area contributed by atoms with E-state index in [9.17, 15) is 26.3 Å². The monoisotopic (exact) mass is 417 g/mol. The molecule has 0 amide bonds. The minimum Gasteiger partial charge on any atom is -0.373 e. The average molecular weight is 417 g/mol. The normalized spacial score (nSPS) is 22.8. The summed E-state index contributed by atoms with van der Waals surface area (Å²) in [6.07, 6.45) is -8.64. The zero-order chi connectivity index (χ0) is 21.2. The van der Waals surface area contributed by atoms with Gasteiger partial charge in [-0.15, -0.1) is 0 Å². The molecule has 0 bridgehead atoms. The number of hydrogen-bond donors (Lipinski definition) is 1. The topological polar surface area (TPSA) is 35.2 Å². The van der Waals surface area contributed by atoms with Gasteiger partial charge in [0.1, 0.15) is 0 Å². The minimum atomic E-state index is -4.87. The van der Waals surface area contributed by atoms with Crippen molar-refractivity contribution in [2.75, 3.05) is 6.54 Å². The Kier molecular flexibility index (Phi) is 6.24. The SMILES string of the molecule is NC[C@@H]1CC[C@H](OCc2cc(C(F)(F)F)cc(C(F)(F)F)c2)[C@H]1c1ccccc1. The first-order valence-electron chi connectivity index (χ1n) is 9.24. The zero-order valence-corrected chi connectivity index (χ0v) is 15.4. The van der Waals surface area contributed by atoms with E-state index in [-0.39, 0.29) is 36.2 Å². The van der Waals surface area contributed by atoms with Crippen LogP contribution in [0.4, 0.5) is 26.3 Å². The van der Waals surface area contributed by atoms with E-state index in [1.165, 1.54) is 0 Å². The third-order valence-corrected chi connectivity index (χ3v) is 5.33. The van der Waals surface area contributed by atoms with Crippen LogP contribution in [0, 0.1) is 5.92 Å². The van der Waals surface area contributed by atoms with Crippen molar-refractivity contribution in [1.82, 2.24) is 0 Å². The van der Waals surface area contributed by atoms with Crippen LogP contribution in [0.3, 0.4) is 0 Å². The van der Waals surface area contributed by atoms with E-state index in [2.05, 4.69) is 0 Å². The van der Waals surface area contributed by atoms with Gasteiger partial charge in [-0.25, -0.2) is 0 Å². The number of nitrogens with two attached hydrogens (primary N) is 1. The van der Waals surface area contributed by atoms with Crippen molar-refractivity contribution in [3.8, 4) is 0 Å². The number of ether oxygens (including phenoxy) is 1. The number of hydrogen-bond acceptors (Lipinski definition) is 2. The van der Waals surface area contributed by atoms with Crippen LogP contribution in [0.15, 0.2) is 48.5 Å². The number of alkyl halides is 6. The van der Waals surface area contributed by atoms with E-state index in [0.717, 1.165) is 12.0 Å². The maximum atomic E-state index is 13.0. The van der Waals surface area contributed by atoms with Gasteiger partial charge in [0.15, 0.2) is 0 Å². The highest BCUT2D eigenvalue weighted by Gasteiger charge is 2.39. The van der Waals surface area contributed by atoms with Gasteiger partial charge in [-0.1, -0.05) is 30.3 Å². The molecule has 0 spiro atoms. The van der Waals surface area contributed by atoms with Crippen LogP contribution in [0.5, 0.6) is 0 Å². The van der Waals surface area contributed by atoms with Gasteiger partial charge in [-0.2, -0.15) is 26.3 Å². The third-order valence-electron chi connectivity index (χ3n) is 5.33. The lowest BCUT2D eigenvalue weighted by molar-refractivity contribution is -0.143. The Morgan fingerprint density at radius 1 is 0.862 bits per heavy atom. The molecule has 3 rings (SSSR count). The van der Waals surface area contributed by atoms with Crippen LogP contribution >= 0.6 is 0 Å². The van der Waals surface area contributed by atoms with E-state index in [0.29, 0.717) is 25.1 Å². The lowest BCUT2D eigenvalue weighted by Gasteiger charge is -2.25. The van der Waals surface area contributed by atoms with E-state index >= 15 is 0 Å². The Morgan fingerprint density at radius 3 is 1.97 bits per heavy atom. The number of rotatable bonds is 5. The summed E-state index contributed by atoms with van der Waals surface area (Å²) in [5.41, 5.74) is 4.04. The highest BCUT2D eigenvalue weighted by molar-refractivity contribution is 5.33. The largest absolute Gasteiger partial charge is 0.416 e. The Balaban J connectivity index is 1.83. The molecule has 1 aliphatic carbocycles. The van der Waals surface area contributed by atoms with Crippen molar-refractivity contribution in [2.24, 2.45) is 11.7 Å². The minimum absolute atomic E-state index is 0.0471. The fraction of sp³-hybridized carbons (Fsp3) is 0.429. The summed E-state index contributed by atoms with van der Waals surface area (Å²) in [5.74, 6) is 0.101. The first kappa shape index (κ1) is 21.6. The summed E-state index contributed by atoms with van der Waals surface area (Å²) in [4.78, 5) is 0. The van der Waals surface area contributed by atoms with E-state index in [1.54, 1.807) is 0 Å². The molecule has 1 aliphatic rings. The molecular weight excluding hydrogens is 396 g/mol. The van der Waals surface area contributed by atoms with E-state index < -0.39 is 23.5 Å². The molecule has 2 aromatic carbocycles. The van der Waals surface area contributed by atoms with E-state index in [1.807, 2.05) is 30.3 Å². The summed E-state index contributed by atoms with van der Waals surface area (Å²) >= 11 is 0. The maximum absolute atomic E-state index is 13.0. The number of benzene rings is 2. The zero-order valence-electron chi connectivity index (χ0n) is 15.4. The van der Waals surface area contributed by atoms with Crippen molar-refractivity contribution in [3.05, 3.63) is 70.8 Å². The molecule has 8 heteroatoms. The molecular formula is C21H21F6NO. The van der Waals surface area contributed by atoms with Gasteiger partial charge < -0.3 is 10.5 Å². The molecule has 1 saturated carbocycles. The average Bonchev–Trinajstić information content (AvgIpc) is 3.08. The Labute approximate surface area is 164 Å². The van der Waals surface area contributed by atoms with Crippen molar-refractivity contribution in [1.29, 1.82) is 0 Å². The summed E-state index contributed by atoms with van der Waals surface area (Å²) in [7, 11) is 0. The van der Waals surface area contributed by atoms with Gasteiger partial charge in [0, 0.05) is 5.92 Å². The molecule has 0 aromatic heterocycles. The Bertz CT molecular complexity index is 786. The van der Waals surface area contributed by atoms with Crippen LogP contribution in [0.2, 0.25) is 0 Å². The lowest BCUT2D eigenvalue weighted by atomic mass is 9.87. The molecule has 3 atom stereocenters. The summed E-state index contributed by atoms with van der Waals surface area (Å²) in [6.45, 7) is 0.0967. The molecule has 0 radical (unpaired) electrons. The second-order valence-electron chi connectivity index (χ2n) is 7.27. The highest BCUT2D eigenvalue weighted by atomic mass is 19.4. The van der Waals surface area contributed by atoms with Crippen molar-refractivity contribution < 1.29 is 31.1 Å². The lowest BCUT2D eigenvalue weighted by Crippen LogP contribution is -2.25. The quantitative estimate of drug-likeness (QED) is 0.628. The second kappa shape index (κ2) is 8.36. The van der Waals surface area contributed by atoms with Crippen molar-refractivity contribution in [2.45, 2.75) is 43.8 Å². The van der Waals surface area contributed by atoms with Gasteiger partial charge in [-0.05, 0) is 54.6 Å². The molecule has 2 aromatic rings. The maximum Gasteiger partial charge on any atom is 0.416 e. The Morgan fingerprint density at radius 2 is 1.45 bits per heavy atom. The smallest absolute Gasteiger partial charge is 0.373 e. The molecule has 2 N–H and O–H groups in total. The van der Waals surface area contributed by atoms with Crippen LogP contribution in [-0.2, 0) is 23.7 Å². The molecule has 0 saturated heterocycles. The predicted octanol–water partition coefficient (Wildman–Crippen LogP) is 5.76. The van der Waals surface area contributed by atoms with Crippen molar-refractivity contribution >= 4 is 0 Å². The Hall–Kier alpha value is -2.06. The van der Waals surface area contributed by atoms with Gasteiger partial charge in [-0.3, -0.25) is 0 Å². The van der Waals surface area contributed by atoms with Gasteiger partial charge in [0.25, 0.3) is 0 Å². The second-order valence-corrected chi connectivity index (χ2v) is 7.27. The molecule has 29 heavy (non-hydrogen) atoms. The van der Waals surface area contributed by atoms with E-state index in [4.69, 9.17) is 10.5 Å². The van der Waals surface area contributed by atoms with Crippen molar-refractivity contribution in [3.63, 3.8) is 0 Å². The molecule has 0 aliphatic heterocycles. The molecule has 158 valence electrons. The molecule has 0 heterocycles. The first-order chi connectivity index (χ1) is 13.6. The van der Waals surface area contributed by atoms with Gasteiger partial charge >= 0.3 is 12.4 Å². The van der Waals surface area contributed by atoms with Crippen LogP contribution in [0.25, 0.3) is 0 Å². The standard InChI is InChI=1S/C21H21F6NO/c22-20(23,24)16-8-13(9-17(10-16)21(25,26)27)12-29-18-7-6-15(11-28)19(18)14-4-2-1-3-5-14/h1-5,8-10,15,18-19H,6-7,11-12,28H2/t15-,18-,19-/m0/s1. The highest BCUT2D eigenvalue weighted by Crippen LogP contribution is 2.42. The van der Waals surface area contributed by atoms with Crippen LogP contribution in [0.1, 0.15) is 41.0 Å². The van der Waals surface area contributed by atoms with Gasteiger partial charge in [0.05, 0.1) is 23.8 Å². The fourth-order valence-electron chi connectivity index (χ4n) is 3.96. The molecule has 2 nitrogen and oxygen atoms in total. The molecule has 1 fully saturated rings. The third kappa shape index (κ3) is 5.11. The van der Waals surface area contributed by atoms with Gasteiger partial charge in [0.2, 0.25) is 0 Å². The summed E-state index contributed by atoms with van der Waals surface area (Å²) < 4.78 is 84.0. The van der Waals surface area contributed by atoms with Crippen LogP contribution in [-0.4, -0.2) is 12.6 Å². The predicted molar refractivity (Wildman–Crippen MR) is 96.0 cm³/mol. The summed E-state index contributed by atoms with van der Waals surface area (Å²) in [6, 6.07) is 11.0.